The Balaban J connectivity index is 1.88. The van der Waals surface area contributed by atoms with Gasteiger partial charge in [-0.25, -0.2) is 4.98 Å². The molecule has 33 heavy (non-hydrogen) atoms. The Hall–Kier alpha value is -3.45. The number of rotatable bonds is 7. The molecule has 3 aromatic rings. The molecule has 0 aliphatic carbocycles. The van der Waals surface area contributed by atoms with Gasteiger partial charge in [0.2, 0.25) is 0 Å². The molecule has 7 nitrogen and oxygen atoms in total. The lowest BCUT2D eigenvalue weighted by molar-refractivity contribution is -0.140. The van der Waals surface area contributed by atoms with Gasteiger partial charge in [-0.3, -0.25) is 9.59 Å². The van der Waals surface area contributed by atoms with Crippen LogP contribution in [0.1, 0.15) is 47.5 Å². The van der Waals surface area contributed by atoms with Crippen LogP contribution in [0.25, 0.3) is 11.4 Å². The summed E-state index contributed by atoms with van der Waals surface area (Å²) in [6, 6.07) is 11.0. The molecule has 0 radical (unpaired) electrons. The number of ether oxygens (including phenoxy) is 1. The highest BCUT2D eigenvalue weighted by atomic mass is 16.5. The topological polar surface area (TPSA) is 84.1 Å². The molecule has 0 saturated carbocycles. The van der Waals surface area contributed by atoms with Crippen molar-refractivity contribution >= 4 is 23.1 Å². The predicted octanol–water partition coefficient (Wildman–Crippen LogP) is 3.97. The van der Waals surface area contributed by atoms with E-state index < -0.39 is 17.7 Å². The zero-order valence-electron chi connectivity index (χ0n) is 19.5. The van der Waals surface area contributed by atoms with Gasteiger partial charge in [0.15, 0.2) is 5.76 Å². The second kappa shape index (κ2) is 9.19. The molecule has 3 heterocycles. The number of hydrogen-bond acceptors (Lipinski definition) is 5. The van der Waals surface area contributed by atoms with Crippen molar-refractivity contribution in [2.24, 2.45) is 0 Å². The molecular weight excluding hydrogens is 418 g/mol. The van der Waals surface area contributed by atoms with Crippen LogP contribution in [0.15, 0.2) is 48.2 Å². The van der Waals surface area contributed by atoms with E-state index in [0.29, 0.717) is 36.6 Å². The van der Waals surface area contributed by atoms with E-state index in [9.17, 15) is 14.7 Å². The van der Waals surface area contributed by atoms with Gasteiger partial charge in [-0.05, 0) is 49.4 Å². The molecular formula is C26H29N3O4. The lowest BCUT2D eigenvalue weighted by Crippen LogP contribution is -2.31. The molecule has 172 valence electrons. The molecule has 7 heteroatoms. The third-order valence-electron chi connectivity index (χ3n) is 6.30. The average Bonchev–Trinajstić information content (AvgIpc) is 3.29. The second-order valence-corrected chi connectivity index (χ2v) is 8.36. The van der Waals surface area contributed by atoms with Gasteiger partial charge in [-0.2, -0.15) is 0 Å². The maximum Gasteiger partial charge on any atom is 0.295 e. The highest BCUT2D eigenvalue weighted by Gasteiger charge is 2.46. The molecule has 1 aliphatic rings. The third-order valence-corrected chi connectivity index (χ3v) is 6.30. The second-order valence-electron chi connectivity index (χ2n) is 8.36. The fourth-order valence-corrected chi connectivity index (χ4v) is 4.45. The normalized spacial score (nSPS) is 17.9. The number of amides is 1. The van der Waals surface area contributed by atoms with Gasteiger partial charge in [0.05, 0.1) is 17.3 Å². The standard InChI is InChI=1S/C26H29N3O4/c1-5-18-9-11-19(12-10-18)22-20(24(31)26(32)29(22)14-7-15-33-4)23(30)21-17(3)28-13-6-8-16(2)25(28)27-21/h6,8-13,22,30H,5,7,14-15H2,1-4H3. The van der Waals surface area contributed by atoms with Gasteiger partial charge >= 0.3 is 0 Å². The Morgan fingerprint density at radius 2 is 1.88 bits per heavy atom. The molecule has 1 N–H and O–H groups in total. The average molecular weight is 448 g/mol. The van der Waals surface area contributed by atoms with Crippen molar-refractivity contribution < 1.29 is 19.4 Å². The number of Topliss-reactive ketones (excluding diaryl/α,β-unsaturated/α-hetero) is 1. The first-order valence-corrected chi connectivity index (χ1v) is 11.2. The van der Waals surface area contributed by atoms with E-state index in [1.54, 1.807) is 7.11 Å². The highest BCUT2D eigenvalue weighted by molar-refractivity contribution is 6.46. The molecule has 1 saturated heterocycles. The zero-order valence-corrected chi connectivity index (χ0v) is 19.5. The van der Waals surface area contributed by atoms with Crippen molar-refractivity contribution in [1.29, 1.82) is 0 Å². The quantitative estimate of drug-likeness (QED) is 0.256. The minimum absolute atomic E-state index is 0.0748. The Bertz CT molecular complexity index is 1240. The molecule has 1 unspecified atom stereocenters. The van der Waals surface area contributed by atoms with Crippen molar-refractivity contribution in [1.82, 2.24) is 14.3 Å². The molecule has 4 rings (SSSR count). The Morgan fingerprint density at radius 1 is 1.15 bits per heavy atom. The van der Waals surface area contributed by atoms with E-state index in [2.05, 4.69) is 11.9 Å². The first-order valence-electron chi connectivity index (χ1n) is 11.2. The Morgan fingerprint density at radius 3 is 2.52 bits per heavy atom. The Kier molecular flexibility index (Phi) is 6.33. The molecule has 1 amide bonds. The van der Waals surface area contributed by atoms with E-state index in [1.165, 1.54) is 4.90 Å². The van der Waals surface area contributed by atoms with E-state index in [0.717, 1.165) is 23.1 Å². The number of benzene rings is 1. The van der Waals surface area contributed by atoms with Crippen LogP contribution in [0.3, 0.4) is 0 Å². The third kappa shape index (κ3) is 3.93. The number of methoxy groups -OCH3 is 1. The number of aliphatic hydroxyl groups excluding tert-OH is 1. The van der Waals surface area contributed by atoms with E-state index in [1.807, 2.05) is 60.8 Å². The Labute approximate surface area is 193 Å². The van der Waals surface area contributed by atoms with Crippen LogP contribution in [-0.4, -0.2) is 51.3 Å². The molecule has 1 aliphatic heterocycles. The van der Waals surface area contributed by atoms with Crippen LogP contribution < -0.4 is 0 Å². The van der Waals surface area contributed by atoms with Crippen molar-refractivity contribution in [2.45, 2.75) is 39.7 Å². The van der Waals surface area contributed by atoms with E-state index in [4.69, 9.17) is 4.74 Å². The number of pyridine rings is 1. The lowest BCUT2D eigenvalue weighted by atomic mass is 9.95. The molecule has 1 atom stereocenters. The summed E-state index contributed by atoms with van der Waals surface area (Å²) in [5, 5.41) is 11.4. The number of ketones is 1. The number of aromatic nitrogens is 2. The molecule has 1 fully saturated rings. The minimum Gasteiger partial charge on any atom is -0.505 e. The lowest BCUT2D eigenvalue weighted by Gasteiger charge is -2.25. The van der Waals surface area contributed by atoms with Crippen LogP contribution in [-0.2, 0) is 20.7 Å². The van der Waals surface area contributed by atoms with Gasteiger partial charge in [0, 0.05) is 26.5 Å². The molecule has 0 spiro atoms. The number of imidazole rings is 1. The summed E-state index contributed by atoms with van der Waals surface area (Å²) in [4.78, 5) is 32.4. The van der Waals surface area contributed by atoms with Crippen LogP contribution in [0.2, 0.25) is 0 Å². The van der Waals surface area contributed by atoms with Crippen molar-refractivity contribution in [3.8, 4) is 0 Å². The van der Waals surface area contributed by atoms with Gasteiger partial charge in [-0.15, -0.1) is 0 Å². The largest absolute Gasteiger partial charge is 0.505 e. The number of hydrogen-bond donors (Lipinski definition) is 1. The van der Waals surface area contributed by atoms with Crippen molar-refractivity contribution in [3.05, 3.63) is 76.2 Å². The summed E-state index contributed by atoms with van der Waals surface area (Å²) in [6.45, 7) is 6.66. The monoisotopic (exact) mass is 447 g/mol. The van der Waals surface area contributed by atoms with Gasteiger partial charge < -0.3 is 19.1 Å². The number of aryl methyl sites for hydroxylation is 3. The zero-order chi connectivity index (χ0) is 23.7. The summed E-state index contributed by atoms with van der Waals surface area (Å²) in [5.74, 6) is -1.55. The van der Waals surface area contributed by atoms with Gasteiger partial charge in [0.25, 0.3) is 11.7 Å². The number of likely N-dealkylation sites (tertiary alicyclic amines) is 1. The highest BCUT2D eigenvalue weighted by Crippen LogP contribution is 2.40. The first-order chi connectivity index (χ1) is 15.9. The van der Waals surface area contributed by atoms with Crippen molar-refractivity contribution in [3.63, 3.8) is 0 Å². The minimum atomic E-state index is -0.692. The number of nitrogens with zero attached hydrogens (tertiary/aromatic N) is 3. The fourth-order valence-electron chi connectivity index (χ4n) is 4.45. The number of aliphatic hydroxyl groups is 1. The molecule has 1 aromatic carbocycles. The number of fused-ring (bicyclic) bond motifs is 1. The number of carbonyl (C=O) groups is 2. The first kappa shape index (κ1) is 22.7. The van der Waals surface area contributed by atoms with E-state index >= 15 is 0 Å². The van der Waals surface area contributed by atoms with E-state index in [-0.39, 0.29) is 11.3 Å². The summed E-state index contributed by atoms with van der Waals surface area (Å²) in [7, 11) is 1.60. The van der Waals surface area contributed by atoms with Crippen LogP contribution >= 0.6 is 0 Å². The SMILES string of the molecule is CCc1ccc(C2C(=C(O)c3nc4c(C)cccn4c3C)C(=O)C(=O)N2CCCOC)cc1. The predicted molar refractivity (Wildman–Crippen MR) is 126 cm³/mol. The summed E-state index contributed by atoms with van der Waals surface area (Å²) >= 11 is 0. The van der Waals surface area contributed by atoms with Crippen LogP contribution in [0.5, 0.6) is 0 Å². The maximum atomic E-state index is 13.2. The summed E-state index contributed by atoms with van der Waals surface area (Å²) < 4.78 is 7.02. The van der Waals surface area contributed by atoms with Crippen molar-refractivity contribution in [2.75, 3.05) is 20.3 Å². The summed E-state index contributed by atoms with van der Waals surface area (Å²) in [6.07, 6.45) is 3.33. The van der Waals surface area contributed by atoms with Crippen LogP contribution in [0.4, 0.5) is 0 Å². The molecule has 2 aromatic heterocycles. The van der Waals surface area contributed by atoms with Crippen LogP contribution in [0, 0.1) is 13.8 Å². The maximum absolute atomic E-state index is 13.2. The smallest absolute Gasteiger partial charge is 0.295 e. The van der Waals surface area contributed by atoms with Gasteiger partial charge in [-0.1, -0.05) is 37.3 Å². The summed E-state index contributed by atoms with van der Waals surface area (Å²) in [5.41, 5.74) is 4.68. The van der Waals surface area contributed by atoms with Gasteiger partial charge in [0.1, 0.15) is 11.3 Å². The molecule has 0 bridgehead atoms. The number of carbonyl (C=O) groups excluding carboxylic acids is 2. The fraction of sp³-hybridized carbons (Fsp3) is 0.346.